The highest BCUT2D eigenvalue weighted by Gasteiger charge is 2.06. The second kappa shape index (κ2) is 9.87. The zero-order chi connectivity index (χ0) is 18.1. The Morgan fingerprint density at radius 2 is 1.16 bits per heavy atom. The Balaban J connectivity index is 1.86. The number of hydrogen-bond donors (Lipinski definition) is 0. The van der Waals surface area contributed by atoms with Gasteiger partial charge in [-0.3, -0.25) is 0 Å². The molecule has 0 amide bonds. The topological polar surface area (TPSA) is 36.9 Å². The fraction of sp³-hybridized carbons (Fsp3) is 0.400. The maximum atomic E-state index is 5.68. The third-order valence-electron chi connectivity index (χ3n) is 3.67. The van der Waals surface area contributed by atoms with E-state index in [2.05, 4.69) is 13.8 Å². The van der Waals surface area contributed by atoms with Crippen molar-refractivity contribution in [1.82, 2.24) is 0 Å². The van der Waals surface area contributed by atoms with Crippen molar-refractivity contribution in [3.05, 3.63) is 47.5 Å². The molecule has 0 atom stereocenters. The minimum absolute atomic E-state index is 0.156. The van der Waals surface area contributed by atoms with Crippen molar-refractivity contribution in [2.24, 2.45) is 0 Å². The van der Waals surface area contributed by atoms with Gasteiger partial charge in [-0.05, 0) is 74.2 Å². The SMILES string of the molecule is CCCOc1ccc(OBOc2ccc(OCCC)c(C)c2)cc1C. The van der Waals surface area contributed by atoms with Crippen LogP contribution >= 0.6 is 0 Å². The van der Waals surface area contributed by atoms with Crippen molar-refractivity contribution in [3.63, 3.8) is 0 Å². The van der Waals surface area contributed by atoms with Gasteiger partial charge in [-0.2, -0.15) is 0 Å². The Kier molecular flexibility index (Phi) is 7.51. The van der Waals surface area contributed by atoms with Gasteiger partial charge in [0.25, 0.3) is 0 Å². The Morgan fingerprint density at radius 3 is 1.52 bits per heavy atom. The first-order chi connectivity index (χ1) is 12.1. The molecule has 4 nitrogen and oxygen atoms in total. The molecule has 0 heterocycles. The van der Waals surface area contributed by atoms with E-state index < -0.39 is 0 Å². The van der Waals surface area contributed by atoms with Crippen LogP contribution in [0.5, 0.6) is 23.0 Å². The minimum Gasteiger partial charge on any atom is -0.529 e. The molecule has 0 fully saturated rings. The molecule has 2 aromatic carbocycles. The van der Waals surface area contributed by atoms with Crippen molar-refractivity contribution in [2.45, 2.75) is 40.5 Å². The molecule has 2 aromatic rings. The number of hydrogen-bond acceptors (Lipinski definition) is 4. The van der Waals surface area contributed by atoms with E-state index >= 15 is 0 Å². The first-order valence-corrected chi connectivity index (χ1v) is 8.86. The van der Waals surface area contributed by atoms with Crippen LogP contribution in [0.1, 0.15) is 37.8 Å². The number of aryl methyl sites for hydroxylation is 2. The molecule has 2 rings (SSSR count). The first kappa shape index (κ1) is 19.0. The average Bonchev–Trinajstić information content (AvgIpc) is 2.60. The molecule has 25 heavy (non-hydrogen) atoms. The monoisotopic (exact) mass is 342 g/mol. The zero-order valence-electron chi connectivity index (χ0n) is 15.6. The van der Waals surface area contributed by atoms with E-state index in [0.29, 0.717) is 0 Å². The maximum absolute atomic E-state index is 5.68. The fourth-order valence-electron chi connectivity index (χ4n) is 2.34. The quantitative estimate of drug-likeness (QED) is 0.591. The van der Waals surface area contributed by atoms with Crippen molar-refractivity contribution < 1.29 is 18.8 Å². The van der Waals surface area contributed by atoms with Gasteiger partial charge in [0, 0.05) is 0 Å². The molecule has 0 aliphatic rings. The number of ether oxygens (including phenoxy) is 2. The summed E-state index contributed by atoms with van der Waals surface area (Å²) in [6.07, 6.45) is 1.99. The molecule has 0 radical (unpaired) electrons. The van der Waals surface area contributed by atoms with Gasteiger partial charge in [-0.25, -0.2) is 0 Å². The van der Waals surface area contributed by atoms with E-state index in [1.54, 1.807) is 0 Å². The smallest absolute Gasteiger partial charge is 0.529 e. The molecular formula is C20H27BO4. The van der Waals surface area contributed by atoms with E-state index in [-0.39, 0.29) is 7.69 Å². The largest absolute Gasteiger partial charge is 0.576 e. The van der Waals surface area contributed by atoms with Crippen LogP contribution in [0, 0.1) is 13.8 Å². The van der Waals surface area contributed by atoms with E-state index in [4.69, 9.17) is 18.8 Å². The van der Waals surface area contributed by atoms with Gasteiger partial charge in [-0.1, -0.05) is 13.8 Å². The highest BCUT2D eigenvalue weighted by Crippen LogP contribution is 2.25. The Labute approximate surface area is 151 Å². The molecule has 0 spiro atoms. The van der Waals surface area contributed by atoms with Crippen LogP contribution in [-0.2, 0) is 0 Å². The molecule has 0 saturated heterocycles. The molecule has 0 unspecified atom stereocenters. The third kappa shape index (κ3) is 5.93. The molecule has 0 bridgehead atoms. The van der Waals surface area contributed by atoms with Crippen LogP contribution in [0.2, 0.25) is 0 Å². The van der Waals surface area contributed by atoms with Gasteiger partial charge >= 0.3 is 7.69 Å². The number of rotatable bonds is 10. The molecule has 0 aromatic heterocycles. The van der Waals surface area contributed by atoms with Crippen LogP contribution in [0.3, 0.4) is 0 Å². The second-order valence-corrected chi connectivity index (χ2v) is 5.96. The highest BCUT2D eigenvalue weighted by molar-refractivity contribution is 6.20. The van der Waals surface area contributed by atoms with Gasteiger partial charge in [-0.15, -0.1) is 0 Å². The maximum Gasteiger partial charge on any atom is 0.576 e. The molecule has 0 aliphatic heterocycles. The van der Waals surface area contributed by atoms with Gasteiger partial charge in [0.05, 0.1) is 13.2 Å². The van der Waals surface area contributed by atoms with Gasteiger partial charge < -0.3 is 18.8 Å². The summed E-state index contributed by atoms with van der Waals surface area (Å²) < 4.78 is 22.7. The lowest BCUT2D eigenvalue weighted by molar-refractivity contribution is 0.314. The normalized spacial score (nSPS) is 10.2. The molecular weight excluding hydrogens is 315 g/mol. The van der Waals surface area contributed by atoms with E-state index in [9.17, 15) is 0 Å². The average molecular weight is 342 g/mol. The summed E-state index contributed by atoms with van der Waals surface area (Å²) in [5, 5.41) is 0. The van der Waals surface area contributed by atoms with Crippen LogP contribution < -0.4 is 18.8 Å². The fourth-order valence-corrected chi connectivity index (χ4v) is 2.34. The highest BCUT2D eigenvalue weighted by atomic mass is 16.6. The lowest BCUT2D eigenvalue weighted by Gasteiger charge is -2.13. The van der Waals surface area contributed by atoms with Crippen molar-refractivity contribution in [1.29, 1.82) is 0 Å². The Morgan fingerprint density at radius 1 is 0.720 bits per heavy atom. The predicted molar refractivity (Wildman–Crippen MR) is 102 cm³/mol. The summed E-state index contributed by atoms with van der Waals surface area (Å²) in [6.45, 7) is 9.65. The summed E-state index contributed by atoms with van der Waals surface area (Å²) in [7, 11) is 0.156. The summed E-state index contributed by atoms with van der Waals surface area (Å²) in [6, 6.07) is 11.6. The molecule has 134 valence electrons. The summed E-state index contributed by atoms with van der Waals surface area (Å²) >= 11 is 0. The Bertz CT molecular complexity index is 615. The molecule has 0 saturated carbocycles. The van der Waals surface area contributed by atoms with Crippen molar-refractivity contribution in [3.8, 4) is 23.0 Å². The molecule has 0 N–H and O–H groups in total. The zero-order valence-corrected chi connectivity index (χ0v) is 15.6. The summed E-state index contributed by atoms with van der Waals surface area (Å²) in [4.78, 5) is 0. The predicted octanol–water partition coefficient (Wildman–Crippen LogP) is 4.61. The van der Waals surface area contributed by atoms with Crippen LogP contribution in [0.25, 0.3) is 0 Å². The van der Waals surface area contributed by atoms with E-state index in [1.165, 1.54) is 0 Å². The lowest BCUT2D eigenvalue weighted by Crippen LogP contribution is -2.11. The Hall–Kier alpha value is -2.30. The van der Waals surface area contributed by atoms with Gasteiger partial charge in [0.1, 0.15) is 23.0 Å². The minimum atomic E-state index is 0.156. The van der Waals surface area contributed by atoms with Crippen molar-refractivity contribution in [2.75, 3.05) is 13.2 Å². The van der Waals surface area contributed by atoms with Crippen LogP contribution in [0.4, 0.5) is 0 Å². The van der Waals surface area contributed by atoms with E-state index in [1.807, 2.05) is 50.2 Å². The summed E-state index contributed by atoms with van der Waals surface area (Å²) in [5.41, 5.74) is 2.11. The third-order valence-corrected chi connectivity index (χ3v) is 3.67. The van der Waals surface area contributed by atoms with Gasteiger partial charge in [0.2, 0.25) is 0 Å². The van der Waals surface area contributed by atoms with Crippen LogP contribution in [0.15, 0.2) is 36.4 Å². The first-order valence-electron chi connectivity index (χ1n) is 8.86. The standard InChI is InChI=1S/C20H27BO4/c1-5-11-22-19-9-7-17(13-15(19)3)24-21-25-18-8-10-20(16(4)14-18)23-12-6-2/h7-10,13-14,21H,5-6,11-12H2,1-4H3. The van der Waals surface area contributed by atoms with Crippen molar-refractivity contribution >= 4 is 7.69 Å². The molecule has 5 heteroatoms. The van der Waals surface area contributed by atoms with Gasteiger partial charge in [0.15, 0.2) is 0 Å². The second-order valence-electron chi connectivity index (χ2n) is 5.96. The molecule has 0 aliphatic carbocycles. The summed E-state index contributed by atoms with van der Waals surface area (Å²) in [5.74, 6) is 3.32. The van der Waals surface area contributed by atoms with E-state index in [0.717, 1.165) is 60.2 Å². The number of benzene rings is 2. The lowest BCUT2D eigenvalue weighted by atomic mass is 10.2. The van der Waals surface area contributed by atoms with Crippen LogP contribution in [-0.4, -0.2) is 20.9 Å².